The second-order valence-corrected chi connectivity index (χ2v) is 5.03. The molecular formula is C14H17NOS. The van der Waals surface area contributed by atoms with Crippen molar-refractivity contribution in [1.82, 2.24) is 4.98 Å². The zero-order valence-corrected chi connectivity index (χ0v) is 10.9. The van der Waals surface area contributed by atoms with Gasteiger partial charge in [0.1, 0.15) is 0 Å². The van der Waals surface area contributed by atoms with Crippen LogP contribution in [0.3, 0.4) is 0 Å². The Labute approximate surface area is 106 Å². The summed E-state index contributed by atoms with van der Waals surface area (Å²) in [4.78, 5) is 4.32. The van der Waals surface area contributed by atoms with Gasteiger partial charge in [0, 0.05) is 31.1 Å². The maximum Gasteiger partial charge on any atom is 0.0702 e. The second kappa shape index (κ2) is 6.62. The van der Waals surface area contributed by atoms with E-state index >= 15 is 0 Å². The summed E-state index contributed by atoms with van der Waals surface area (Å²) in [7, 11) is 1.75. The van der Waals surface area contributed by atoms with Gasteiger partial charge in [-0.05, 0) is 35.9 Å². The minimum absolute atomic E-state index is 0.856. The molecule has 1 aromatic carbocycles. The first-order chi connectivity index (χ1) is 8.40. The van der Waals surface area contributed by atoms with E-state index in [2.05, 4.69) is 29.2 Å². The Morgan fingerprint density at radius 1 is 1.29 bits per heavy atom. The fourth-order valence-corrected chi connectivity index (χ4v) is 2.59. The smallest absolute Gasteiger partial charge is 0.0702 e. The molecule has 3 heteroatoms. The largest absolute Gasteiger partial charge is 0.385 e. The third-order valence-corrected chi connectivity index (χ3v) is 3.69. The molecule has 0 atom stereocenters. The van der Waals surface area contributed by atoms with Crippen molar-refractivity contribution in [1.29, 1.82) is 0 Å². The van der Waals surface area contributed by atoms with Crippen molar-refractivity contribution in [2.45, 2.75) is 12.2 Å². The van der Waals surface area contributed by atoms with Crippen molar-refractivity contribution in [2.24, 2.45) is 0 Å². The monoisotopic (exact) mass is 247 g/mol. The third kappa shape index (κ3) is 3.72. The second-order valence-electron chi connectivity index (χ2n) is 3.93. The summed E-state index contributed by atoms with van der Waals surface area (Å²) in [5, 5.41) is 1.22. The van der Waals surface area contributed by atoms with Crippen molar-refractivity contribution in [3.63, 3.8) is 0 Å². The lowest BCUT2D eigenvalue weighted by molar-refractivity contribution is 0.200. The number of ether oxygens (including phenoxy) is 1. The van der Waals surface area contributed by atoms with E-state index in [1.54, 1.807) is 7.11 Å². The minimum atomic E-state index is 0.856. The van der Waals surface area contributed by atoms with Gasteiger partial charge in [0.15, 0.2) is 0 Å². The summed E-state index contributed by atoms with van der Waals surface area (Å²) >= 11 is 1.95. The average Bonchev–Trinajstić information content (AvgIpc) is 2.38. The predicted molar refractivity (Wildman–Crippen MR) is 74.4 cm³/mol. The molecule has 0 saturated carbocycles. The standard InChI is InChI=1S/C14H17NOS/c1-16-8-3-9-17-11-12-5-6-14-13(10-12)4-2-7-15-14/h2,4-7,10H,3,8-9,11H2,1H3. The molecule has 2 nitrogen and oxygen atoms in total. The molecular weight excluding hydrogens is 230 g/mol. The van der Waals surface area contributed by atoms with E-state index in [1.165, 1.54) is 10.9 Å². The van der Waals surface area contributed by atoms with Crippen molar-refractivity contribution >= 4 is 22.7 Å². The van der Waals surface area contributed by atoms with Gasteiger partial charge in [0.25, 0.3) is 0 Å². The van der Waals surface area contributed by atoms with Gasteiger partial charge < -0.3 is 4.74 Å². The van der Waals surface area contributed by atoms with Crippen LogP contribution in [0.1, 0.15) is 12.0 Å². The zero-order valence-electron chi connectivity index (χ0n) is 10.1. The maximum absolute atomic E-state index is 5.03. The number of rotatable bonds is 6. The van der Waals surface area contributed by atoms with Crippen LogP contribution in [0.2, 0.25) is 0 Å². The topological polar surface area (TPSA) is 22.1 Å². The highest BCUT2D eigenvalue weighted by Crippen LogP contribution is 2.18. The molecule has 90 valence electrons. The molecule has 0 amide bonds. The lowest BCUT2D eigenvalue weighted by Gasteiger charge is -2.03. The predicted octanol–water partition coefficient (Wildman–Crippen LogP) is 3.50. The number of aromatic nitrogens is 1. The number of fused-ring (bicyclic) bond motifs is 1. The number of hydrogen-bond donors (Lipinski definition) is 0. The third-order valence-electron chi connectivity index (χ3n) is 2.57. The molecule has 0 saturated heterocycles. The summed E-state index contributed by atoms with van der Waals surface area (Å²) in [5.41, 5.74) is 2.44. The molecule has 1 aromatic heterocycles. The van der Waals surface area contributed by atoms with Crippen LogP contribution in [-0.4, -0.2) is 24.5 Å². The fraction of sp³-hybridized carbons (Fsp3) is 0.357. The van der Waals surface area contributed by atoms with E-state index in [1.807, 2.05) is 24.0 Å². The Kier molecular flexibility index (Phi) is 4.83. The van der Waals surface area contributed by atoms with E-state index in [4.69, 9.17) is 4.74 Å². The van der Waals surface area contributed by atoms with Crippen LogP contribution < -0.4 is 0 Å². The first-order valence-corrected chi connectivity index (χ1v) is 6.96. The lowest BCUT2D eigenvalue weighted by Crippen LogP contribution is -1.91. The zero-order chi connectivity index (χ0) is 11.9. The van der Waals surface area contributed by atoms with Gasteiger partial charge in [-0.1, -0.05) is 12.1 Å². The molecule has 0 spiro atoms. The quantitative estimate of drug-likeness (QED) is 0.729. The Bertz CT molecular complexity index is 472. The molecule has 0 aliphatic rings. The van der Waals surface area contributed by atoms with E-state index in [0.717, 1.165) is 30.1 Å². The van der Waals surface area contributed by atoms with E-state index in [-0.39, 0.29) is 0 Å². The number of thioether (sulfide) groups is 1. The van der Waals surface area contributed by atoms with Gasteiger partial charge in [-0.25, -0.2) is 0 Å². The first-order valence-electron chi connectivity index (χ1n) is 5.80. The summed E-state index contributed by atoms with van der Waals surface area (Å²) < 4.78 is 5.03. The van der Waals surface area contributed by atoms with Crippen LogP contribution in [0.5, 0.6) is 0 Å². The minimum Gasteiger partial charge on any atom is -0.385 e. The molecule has 17 heavy (non-hydrogen) atoms. The molecule has 0 radical (unpaired) electrons. The summed E-state index contributed by atoms with van der Waals surface area (Å²) in [6.45, 7) is 0.856. The van der Waals surface area contributed by atoms with Crippen LogP contribution in [0.4, 0.5) is 0 Å². The van der Waals surface area contributed by atoms with Gasteiger partial charge in [0.2, 0.25) is 0 Å². The van der Waals surface area contributed by atoms with Crippen LogP contribution in [0.25, 0.3) is 10.9 Å². The molecule has 0 fully saturated rings. The first kappa shape index (κ1) is 12.4. The van der Waals surface area contributed by atoms with E-state index in [9.17, 15) is 0 Å². The van der Waals surface area contributed by atoms with Gasteiger partial charge >= 0.3 is 0 Å². The fourth-order valence-electron chi connectivity index (χ4n) is 1.71. The highest BCUT2D eigenvalue weighted by Gasteiger charge is 1.97. The SMILES string of the molecule is COCCCSCc1ccc2ncccc2c1. The van der Waals surface area contributed by atoms with Gasteiger partial charge in [-0.3, -0.25) is 4.98 Å². The normalized spacial score (nSPS) is 10.9. The Hall–Kier alpha value is -1.06. The summed E-state index contributed by atoms with van der Waals surface area (Å²) in [6.07, 6.45) is 2.96. The molecule has 2 rings (SSSR count). The number of nitrogens with zero attached hydrogens (tertiary/aromatic N) is 1. The highest BCUT2D eigenvalue weighted by molar-refractivity contribution is 7.98. The summed E-state index contributed by atoms with van der Waals surface area (Å²) in [6, 6.07) is 10.6. The molecule has 0 unspecified atom stereocenters. The number of hydrogen-bond acceptors (Lipinski definition) is 3. The van der Waals surface area contributed by atoms with Gasteiger partial charge in [0.05, 0.1) is 5.52 Å². The van der Waals surface area contributed by atoms with E-state index in [0.29, 0.717) is 0 Å². The lowest BCUT2D eigenvalue weighted by atomic mass is 10.1. The molecule has 2 aromatic rings. The van der Waals surface area contributed by atoms with Gasteiger partial charge in [-0.15, -0.1) is 0 Å². The van der Waals surface area contributed by atoms with E-state index < -0.39 is 0 Å². The average molecular weight is 247 g/mol. The maximum atomic E-state index is 5.03. The van der Waals surface area contributed by atoms with Crippen LogP contribution in [0.15, 0.2) is 36.5 Å². The molecule has 0 bridgehead atoms. The van der Waals surface area contributed by atoms with Crippen molar-refractivity contribution in [2.75, 3.05) is 19.5 Å². The van der Waals surface area contributed by atoms with Crippen molar-refractivity contribution < 1.29 is 4.74 Å². The van der Waals surface area contributed by atoms with Crippen molar-refractivity contribution in [3.8, 4) is 0 Å². The van der Waals surface area contributed by atoms with Gasteiger partial charge in [-0.2, -0.15) is 11.8 Å². The highest BCUT2D eigenvalue weighted by atomic mass is 32.2. The summed E-state index contributed by atoms with van der Waals surface area (Å²) in [5.74, 6) is 2.22. The molecule has 1 heterocycles. The molecule has 0 aliphatic carbocycles. The molecule has 0 aliphatic heterocycles. The van der Waals surface area contributed by atoms with Crippen LogP contribution in [-0.2, 0) is 10.5 Å². The van der Waals surface area contributed by atoms with Crippen molar-refractivity contribution in [3.05, 3.63) is 42.1 Å². The number of methoxy groups -OCH3 is 1. The Morgan fingerprint density at radius 3 is 3.12 bits per heavy atom. The number of benzene rings is 1. The Balaban J connectivity index is 1.90. The Morgan fingerprint density at radius 2 is 2.24 bits per heavy atom. The molecule has 0 N–H and O–H groups in total. The number of pyridine rings is 1. The van der Waals surface area contributed by atoms with Crippen LogP contribution in [0, 0.1) is 0 Å². The van der Waals surface area contributed by atoms with Crippen LogP contribution >= 0.6 is 11.8 Å².